The van der Waals surface area contributed by atoms with Crippen LogP contribution in [0, 0.1) is 0 Å². The molecule has 0 fully saturated rings. The third-order valence-electron chi connectivity index (χ3n) is 3.28. The second-order valence-electron chi connectivity index (χ2n) is 4.97. The van der Waals surface area contributed by atoms with Gasteiger partial charge >= 0.3 is 5.97 Å². The first-order valence-electron chi connectivity index (χ1n) is 6.09. The largest absolute Gasteiger partial charge is 0.465 e. The predicted octanol–water partition coefficient (Wildman–Crippen LogP) is 2.34. The zero-order valence-electron chi connectivity index (χ0n) is 11.6. The number of rotatable bonds is 5. The summed E-state index contributed by atoms with van der Waals surface area (Å²) in [5.74, 6) is -0.173. The molecule has 0 aliphatic rings. The van der Waals surface area contributed by atoms with Crippen LogP contribution in [0.3, 0.4) is 0 Å². The minimum absolute atomic E-state index is 0.171. The summed E-state index contributed by atoms with van der Waals surface area (Å²) in [5.41, 5.74) is 1.17. The Morgan fingerprint density at radius 3 is 2.50 bits per heavy atom. The molecule has 1 aromatic carbocycles. The van der Waals surface area contributed by atoms with Crippen LogP contribution in [-0.4, -0.2) is 44.2 Å². The van der Waals surface area contributed by atoms with E-state index >= 15 is 0 Å². The number of esters is 1. The molecule has 1 atom stereocenters. The van der Waals surface area contributed by atoms with Crippen LogP contribution in [0.5, 0.6) is 0 Å². The maximum atomic E-state index is 11.5. The topological polar surface area (TPSA) is 26.3 Å². The van der Waals surface area contributed by atoms with Gasteiger partial charge in [0.25, 0.3) is 0 Å². The van der Waals surface area contributed by atoms with E-state index in [2.05, 4.69) is 24.3 Å². The fraction of sp³-hybridized carbons (Fsp3) is 0.400. The summed E-state index contributed by atoms with van der Waals surface area (Å²) < 4.78 is 5.36. The molecule has 0 saturated heterocycles. The predicted molar refractivity (Wildman–Crippen MR) is 73.9 cm³/mol. The second-order valence-corrected chi connectivity index (χ2v) is 4.97. The van der Waals surface area contributed by atoms with Crippen LogP contribution < -0.4 is 0 Å². The van der Waals surface area contributed by atoms with Crippen molar-refractivity contribution in [1.82, 2.24) is 0 Å². The van der Waals surface area contributed by atoms with Crippen molar-refractivity contribution in [3.63, 3.8) is 0 Å². The van der Waals surface area contributed by atoms with Crippen LogP contribution in [0.2, 0.25) is 0 Å². The van der Waals surface area contributed by atoms with Gasteiger partial charge in [-0.3, -0.25) is 0 Å². The van der Waals surface area contributed by atoms with Gasteiger partial charge in [0.15, 0.2) is 6.04 Å². The molecule has 1 unspecified atom stereocenters. The summed E-state index contributed by atoms with van der Waals surface area (Å²) in [6.45, 7) is 2.67. The van der Waals surface area contributed by atoms with Crippen molar-refractivity contribution in [3.8, 4) is 0 Å². The zero-order chi connectivity index (χ0) is 13.6. The van der Waals surface area contributed by atoms with Gasteiger partial charge in [-0.05, 0) is 18.6 Å². The number of quaternary nitrogens is 1. The highest BCUT2D eigenvalue weighted by Crippen LogP contribution is 2.09. The Hall–Kier alpha value is -1.61. The van der Waals surface area contributed by atoms with Gasteiger partial charge in [0, 0.05) is 0 Å². The van der Waals surface area contributed by atoms with E-state index in [1.54, 1.807) is 0 Å². The Labute approximate surface area is 109 Å². The van der Waals surface area contributed by atoms with Gasteiger partial charge in [0.2, 0.25) is 0 Å². The molecule has 3 nitrogen and oxygen atoms in total. The van der Waals surface area contributed by atoms with Gasteiger partial charge in [-0.25, -0.2) is 4.79 Å². The molecule has 0 N–H and O–H groups in total. The van der Waals surface area contributed by atoms with Crippen molar-refractivity contribution in [1.29, 1.82) is 0 Å². The summed E-state index contributed by atoms with van der Waals surface area (Å²) in [6, 6.07) is 9.96. The lowest BCUT2D eigenvalue weighted by Crippen LogP contribution is -2.51. The van der Waals surface area contributed by atoms with Crippen molar-refractivity contribution in [2.45, 2.75) is 13.0 Å². The summed E-state index contributed by atoms with van der Waals surface area (Å²) >= 11 is 0. The fourth-order valence-electron chi connectivity index (χ4n) is 1.64. The Kier molecular flexibility index (Phi) is 5.10. The highest BCUT2D eigenvalue weighted by molar-refractivity contribution is 5.73. The Morgan fingerprint density at radius 1 is 1.33 bits per heavy atom. The quantitative estimate of drug-likeness (QED) is 0.590. The Bertz CT molecular complexity index is 410. The molecule has 0 aliphatic heterocycles. The van der Waals surface area contributed by atoms with Crippen LogP contribution in [0.15, 0.2) is 36.4 Å². The van der Waals surface area contributed by atoms with Crippen molar-refractivity contribution >= 4 is 12.0 Å². The highest BCUT2D eigenvalue weighted by atomic mass is 16.5. The average Bonchev–Trinajstić information content (AvgIpc) is 2.38. The molecule has 1 rings (SSSR count). The lowest BCUT2D eigenvalue weighted by atomic mass is 10.2. The molecule has 0 heterocycles. The van der Waals surface area contributed by atoms with Crippen LogP contribution in [-0.2, 0) is 9.53 Å². The lowest BCUT2D eigenvalue weighted by Gasteiger charge is -2.33. The number of carbonyl (C=O) groups excluding carboxylic acids is 1. The van der Waals surface area contributed by atoms with Crippen molar-refractivity contribution in [2.75, 3.05) is 27.7 Å². The first-order valence-corrected chi connectivity index (χ1v) is 6.09. The molecule has 0 bridgehead atoms. The van der Waals surface area contributed by atoms with E-state index in [0.29, 0.717) is 4.48 Å². The number of hydrogen-bond donors (Lipinski definition) is 0. The summed E-state index contributed by atoms with van der Waals surface area (Å²) in [5, 5.41) is 0. The van der Waals surface area contributed by atoms with E-state index in [9.17, 15) is 4.79 Å². The number of carbonyl (C=O) groups is 1. The van der Waals surface area contributed by atoms with Crippen LogP contribution in [0.1, 0.15) is 12.5 Å². The number of ether oxygens (including phenoxy) is 1. The molecule has 0 saturated carbocycles. The van der Waals surface area contributed by atoms with E-state index in [1.807, 2.05) is 39.2 Å². The van der Waals surface area contributed by atoms with Crippen molar-refractivity contribution in [2.24, 2.45) is 0 Å². The number of benzene rings is 1. The molecule has 0 aromatic heterocycles. The van der Waals surface area contributed by atoms with E-state index < -0.39 is 0 Å². The van der Waals surface area contributed by atoms with Crippen LogP contribution in [0.4, 0.5) is 0 Å². The van der Waals surface area contributed by atoms with E-state index in [4.69, 9.17) is 4.74 Å². The molecule has 18 heavy (non-hydrogen) atoms. The minimum atomic E-state index is -0.173. The van der Waals surface area contributed by atoms with Crippen LogP contribution >= 0.6 is 0 Å². The number of hydrogen-bond acceptors (Lipinski definition) is 2. The molecule has 1 aromatic rings. The first kappa shape index (κ1) is 14.5. The van der Waals surface area contributed by atoms with Gasteiger partial charge in [-0.15, -0.1) is 0 Å². The molecule has 0 radical (unpaired) electrons. The van der Waals surface area contributed by atoms with E-state index in [0.717, 1.165) is 6.54 Å². The summed E-state index contributed by atoms with van der Waals surface area (Å²) in [4.78, 5) is 11.5. The fourth-order valence-corrected chi connectivity index (χ4v) is 1.64. The van der Waals surface area contributed by atoms with Gasteiger partial charge in [-0.2, -0.15) is 0 Å². The monoisotopic (exact) mass is 248 g/mol. The first-order chi connectivity index (χ1) is 8.47. The molecule has 3 heteroatoms. The third kappa shape index (κ3) is 4.00. The molecule has 98 valence electrons. The van der Waals surface area contributed by atoms with Gasteiger partial charge < -0.3 is 9.22 Å². The Balaban J connectivity index is 2.61. The molecular weight excluding hydrogens is 226 g/mol. The van der Waals surface area contributed by atoms with E-state index in [1.165, 1.54) is 12.7 Å². The van der Waals surface area contributed by atoms with Crippen molar-refractivity contribution < 1.29 is 14.0 Å². The second kappa shape index (κ2) is 6.36. The normalized spacial score (nSPS) is 13.6. The minimum Gasteiger partial charge on any atom is -0.465 e. The van der Waals surface area contributed by atoms with E-state index in [-0.39, 0.29) is 12.0 Å². The SMILES string of the molecule is COC(=O)C(C)[N+](C)(C)C/C=C\c1ccccc1. The molecule has 0 aliphatic carbocycles. The zero-order valence-corrected chi connectivity index (χ0v) is 11.6. The maximum absolute atomic E-state index is 11.5. The van der Waals surface area contributed by atoms with Gasteiger partial charge in [-0.1, -0.05) is 36.4 Å². The standard InChI is InChI=1S/C15H22NO2/c1-13(15(17)18-4)16(2,3)12-8-11-14-9-6-5-7-10-14/h5-11,13H,12H2,1-4H3/q+1/b11-8-. The number of nitrogens with zero attached hydrogens (tertiary/aromatic N) is 1. The summed E-state index contributed by atoms with van der Waals surface area (Å²) in [7, 11) is 5.48. The Morgan fingerprint density at radius 2 is 1.94 bits per heavy atom. The van der Waals surface area contributed by atoms with Gasteiger partial charge in [0.1, 0.15) is 0 Å². The molecule has 0 amide bonds. The highest BCUT2D eigenvalue weighted by Gasteiger charge is 2.30. The van der Waals surface area contributed by atoms with Crippen molar-refractivity contribution in [3.05, 3.63) is 42.0 Å². The summed E-state index contributed by atoms with van der Waals surface area (Å²) in [6.07, 6.45) is 4.17. The number of methoxy groups -OCH3 is 1. The smallest absolute Gasteiger partial charge is 0.364 e. The maximum Gasteiger partial charge on any atom is 0.364 e. The molecular formula is C15H22NO2+. The lowest BCUT2D eigenvalue weighted by molar-refractivity contribution is -0.899. The molecule has 0 spiro atoms. The van der Waals surface area contributed by atoms with Crippen LogP contribution in [0.25, 0.3) is 6.08 Å². The number of likely N-dealkylation sites (N-methyl/N-ethyl adjacent to an activating group) is 1. The van der Waals surface area contributed by atoms with Gasteiger partial charge in [0.05, 0.1) is 27.7 Å². The average molecular weight is 248 g/mol. The third-order valence-corrected chi connectivity index (χ3v) is 3.28.